The Bertz CT molecular complexity index is 1080. The lowest BCUT2D eigenvalue weighted by Gasteiger charge is -2.06. The third-order valence-electron chi connectivity index (χ3n) is 4.96. The summed E-state index contributed by atoms with van der Waals surface area (Å²) < 4.78 is 7.80. The van der Waals surface area contributed by atoms with Crippen LogP contribution < -0.4 is 4.74 Å². The van der Waals surface area contributed by atoms with Crippen LogP contribution in [0.4, 0.5) is 0 Å². The Hall–Kier alpha value is -2.76. The number of imidazole rings is 1. The minimum atomic E-state index is -0.749. The standard InChI is InChI=1S/C25H26Cl2N2O3/c1-2-29-17-23(21-13-10-19(26)16-22(21)27)28-24(29)14-9-18-7-11-20(12-8-18)32-15-5-3-4-6-25(30)31/h7-14,16-17H,2-6,15H2,1H3,(H,30,31)/b14-9+. The van der Waals surface area contributed by atoms with Crippen molar-refractivity contribution in [3.63, 3.8) is 0 Å². The van der Waals surface area contributed by atoms with Gasteiger partial charge in [-0.2, -0.15) is 0 Å². The fourth-order valence-electron chi connectivity index (χ4n) is 3.23. The van der Waals surface area contributed by atoms with Crippen LogP contribution in [0.5, 0.6) is 5.75 Å². The highest BCUT2D eigenvalue weighted by atomic mass is 35.5. The second-order valence-electron chi connectivity index (χ2n) is 7.35. The molecule has 0 aliphatic heterocycles. The minimum Gasteiger partial charge on any atom is -0.494 e. The van der Waals surface area contributed by atoms with E-state index in [1.807, 2.05) is 54.7 Å². The van der Waals surface area contributed by atoms with Gasteiger partial charge in [-0.1, -0.05) is 41.4 Å². The van der Waals surface area contributed by atoms with Crippen LogP contribution in [0.15, 0.2) is 48.7 Å². The lowest BCUT2D eigenvalue weighted by molar-refractivity contribution is -0.137. The van der Waals surface area contributed by atoms with Crippen LogP contribution in [0.25, 0.3) is 23.4 Å². The third-order valence-corrected chi connectivity index (χ3v) is 5.51. The summed E-state index contributed by atoms with van der Waals surface area (Å²) in [6.45, 7) is 3.44. The summed E-state index contributed by atoms with van der Waals surface area (Å²) in [5.41, 5.74) is 2.69. The molecule has 0 atom stereocenters. The van der Waals surface area contributed by atoms with Crippen LogP contribution >= 0.6 is 23.2 Å². The van der Waals surface area contributed by atoms with Gasteiger partial charge < -0.3 is 14.4 Å². The third kappa shape index (κ3) is 6.87. The molecule has 0 saturated heterocycles. The van der Waals surface area contributed by atoms with Gasteiger partial charge >= 0.3 is 5.97 Å². The van der Waals surface area contributed by atoms with Gasteiger partial charge in [0.25, 0.3) is 0 Å². The van der Waals surface area contributed by atoms with E-state index in [1.165, 1.54) is 0 Å². The molecule has 0 saturated carbocycles. The Morgan fingerprint density at radius 1 is 1.09 bits per heavy atom. The number of benzene rings is 2. The highest BCUT2D eigenvalue weighted by molar-refractivity contribution is 6.36. The van der Waals surface area contributed by atoms with Crippen LogP contribution in [-0.2, 0) is 11.3 Å². The van der Waals surface area contributed by atoms with Crippen molar-refractivity contribution in [1.29, 1.82) is 0 Å². The molecule has 0 radical (unpaired) electrons. The molecule has 0 unspecified atom stereocenters. The molecule has 0 spiro atoms. The van der Waals surface area contributed by atoms with E-state index in [9.17, 15) is 4.79 Å². The predicted octanol–water partition coefficient (Wildman–Crippen LogP) is 7.07. The summed E-state index contributed by atoms with van der Waals surface area (Å²) in [5.74, 6) is 0.895. The average Bonchev–Trinajstić information content (AvgIpc) is 3.18. The first-order valence-electron chi connectivity index (χ1n) is 10.6. The molecule has 1 aromatic heterocycles. The quantitative estimate of drug-likeness (QED) is 0.303. The van der Waals surface area contributed by atoms with Crippen molar-refractivity contribution in [2.24, 2.45) is 0 Å². The van der Waals surface area contributed by atoms with E-state index in [-0.39, 0.29) is 6.42 Å². The van der Waals surface area contributed by atoms with Gasteiger partial charge in [-0.3, -0.25) is 4.79 Å². The van der Waals surface area contributed by atoms with E-state index in [1.54, 1.807) is 6.07 Å². The van der Waals surface area contributed by atoms with Crippen molar-refractivity contribution < 1.29 is 14.6 Å². The maximum atomic E-state index is 10.5. The largest absolute Gasteiger partial charge is 0.494 e. The number of rotatable bonds is 11. The molecular weight excluding hydrogens is 447 g/mol. The molecule has 7 heteroatoms. The Labute approximate surface area is 198 Å². The van der Waals surface area contributed by atoms with Gasteiger partial charge in [0.2, 0.25) is 0 Å². The van der Waals surface area contributed by atoms with E-state index in [0.29, 0.717) is 23.1 Å². The fourth-order valence-corrected chi connectivity index (χ4v) is 3.74. The molecule has 168 valence electrons. The molecule has 2 aromatic carbocycles. The second kappa shape index (κ2) is 11.7. The summed E-state index contributed by atoms with van der Waals surface area (Å²) >= 11 is 12.3. The van der Waals surface area contributed by atoms with E-state index in [4.69, 9.17) is 38.0 Å². The minimum absolute atomic E-state index is 0.214. The van der Waals surface area contributed by atoms with Crippen LogP contribution in [0, 0.1) is 0 Å². The Morgan fingerprint density at radius 2 is 1.88 bits per heavy atom. The molecule has 0 aliphatic rings. The zero-order chi connectivity index (χ0) is 22.9. The molecule has 32 heavy (non-hydrogen) atoms. The predicted molar refractivity (Wildman–Crippen MR) is 130 cm³/mol. The van der Waals surface area contributed by atoms with Crippen LogP contribution in [-0.4, -0.2) is 27.2 Å². The number of aryl methyl sites for hydroxylation is 1. The number of nitrogens with zero attached hydrogens (tertiary/aromatic N) is 2. The topological polar surface area (TPSA) is 64.4 Å². The summed E-state index contributed by atoms with van der Waals surface area (Å²) in [6, 6.07) is 13.3. The summed E-state index contributed by atoms with van der Waals surface area (Å²) in [4.78, 5) is 15.2. The van der Waals surface area contributed by atoms with Gasteiger partial charge in [-0.15, -0.1) is 0 Å². The lowest BCUT2D eigenvalue weighted by atomic mass is 10.2. The summed E-state index contributed by atoms with van der Waals surface area (Å²) in [5, 5.41) is 9.81. The number of ether oxygens (including phenoxy) is 1. The number of unbranched alkanes of at least 4 members (excludes halogenated alkanes) is 2. The fraction of sp³-hybridized carbons (Fsp3) is 0.280. The highest BCUT2D eigenvalue weighted by Crippen LogP contribution is 2.30. The number of carbonyl (C=O) groups is 1. The number of halogens is 2. The summed E-state index contributed by atoms with van der Waals surface area (Å²) in [7, 11) is 0. The van der Waals surface area contributed by atoms with Crippen molar-refractivity contribution in [2.45, 2.75) is 39.2 Å². The molecule has 0 amide bonds. The number of aliphatic carboxylic acids is 1. The van der Waals surface area contributed by atoms with Crippen molar-refractivity contribution in [3.05, 3.63) is 70.1 Å². The summed E-state index contributed by atoms with van der Waals surface area (Å²) in [6.07, 6.45) is 8.57. The van der Waals surface area contributed by atoms with E-state index >= 15 is 0 Å². The Balaban J connectivity index is 1.60. The zero-order valence-electron chi connectivity index (χ0n) is 17.9. The lowest BCUT2D eigenvalue weighted by Crippen LogP contribution is -1.99. The Morgan fingerprint density at radius 3 is 2.56 bits per heavy atom. The first-order chi connectivity index (χ1) is 15.5. The first-order valence-corrected chi connectivity index (χ1v) is 11.4. The number of carboxylic acid groups (broad SMARTS) is 1. The van der Waals surface area contributed by atoms with Gasteiger partial charge in [0.05, 0.1) is 17.3 Å². The molecule has 0 bridgehead atoms. The number of hydrogen-bond acceptors (Lipinski definition) is 3. The van der Waals surface area contributed by atoms with E-state index in [0.717, 1.165) is 47.8 Å². The number of hydrogen-bond donors (Lipinski definition) is 1. The van der Waals surface area contributed by atoms with Crippen LogP contribution in [0.2, 0.25) is 10.0 Å². The van der Waals surface area contributed by atoms with Crippen molar-refractivity contribution in [3.8, 4) is 17.0 Å². The maximum Gasteiger partial charge on any atom is 0.303 e. The molecule has 1 N–H and O–H groups in total. The van der Waals surface area contributed by atoms with E-state index in [2.05, 4.69) is 11.5 Å². The first kappa shape index (κ1) is 23.9. The number of carboxylic acids is 1. The molecule has 1 heterocycles. The molecule has 3 rings (SSSR count). The second-order valence-corrected chi connectivity index (χ2v) is 8.19. The van der Waals surface area contributed by atoms with Crippen molar-refractivity contribution in [2.75, 3.05) is 6.61 Å². The maximum absolute atomic E-state index is 10.5. The monoisotopic (exact) mass is 472 g/mol. The van der Waals surface area contributed by atoms with Gasteiger partial charge in [0, 0.05) is 29.7 Å². The van der Waals surface area contributed by atoms with Gasteiger partial charge in [-0.05, 0) is 68.2 Å². The molecule has 3 aromatic rings. The van der Waals surface area contributed by atoms with E-state index < -0.39 is 5.97 Å². The van der Waals surface area contributed by atoms with Crippen molar-refractivity contribution in [1.82, 2.24) is 9.55 Å². The number of aromatic nitrogens is 2. The molecule has 0 aliphatic carbocycles. The smallest absolute Gasteiger partial charge is 0.303 e. The SMILES string of the molecule is CCn1cc(-c2ccc(Cl)cc2Cl)nc1/C=C/c1ccc(OCCCCCC(=O)O)cc1. The molecular formula is C25H26Cl2N2O3. The van der Waals surface area contributed by atoms with Gasteiger partial charge in [0.15, 0.2) is 0 Å². The van der Waals surface area contributed by atoms with Crippen LogP contribution in [0.1, 0.15) is 44.0 Å². The normalized spacial score (nSPS) is 11.2. The highest BCUT2D eigenvalue weighted by Gasteiger charge is 2.10. The van der Waals surface area contributed by atoms with Gasteiger partial charge in [-0.25, -0.2) is 4.98 Å². The van der Waals surface area contributed by atoms with Crippen LogP contribution in [0.3, 0.4) is 0 Å². The van der Waals surface area contributed by atoms with Gasteiger partial charge in [0.1, 0.15) is 11.6 Å². The molecule has 5 nitrogen and oxygen atoms in total. The Kier molecular flexibility index (Phi) is 8.77. The van der Waals surface area contributed by atoms with Crippen molar-refractivity contribution >= 4 is 41.3 Å². The zero-order valence-corrected chi connectivity index (χ0v) is 19.4. The average molecular weight is 473 g/mol. The molecule has 0 fully saturated rings.